The molecular weight excluding hydrogens is 288 g/mol. The molecule has 6 nitrogen and oxygen atoms in total. The molecule has 0 aromatic heterocycles. The molecule has 0 spiro atoms. The summed E-state index contributed by atoms with van der Waals surface area (Å²) < 4.78 is 4.64. The predicted octanol–water partition coefficient (Wildman–Crippen LogP) is 1.84. The van der Waals surface area contributed by atoms with Crippen LogP contribution in [-0.2, 0) is 20.7 Å². The Balaban J connectivity index is 2.58. The van der Waals surface area contributed by atoms with Crippen molar-refractivity contribution in [2.75, 3.05) is 7.11 Å². The van der Waals surface area contributed by atoms with Gasteiger partial charge >= 0.3 is 17.9 Å². The van der Waals surface area contributed by atoms with Crippen LogP contribution in [0.5, 0.6) is 0 Å². The summed E-state index contributed by atoms with van der Waals surface area (Å²) in [7, 11) is 1.24. The summed E-state index contributed by atoms with van der Waals surface area (Å²) in [5.74, 6) is -3.73. The van der Waals surface area contributed by atoms with Crippen LogP contribution in [0.3, 0.4) is 0 Å². The maximum atomic E-state index is 11.6. The van der Waals surface area contributed by atoms with Gasteiger partial charge < -0.3 is 14.9 Å². The van der Waals surface area contributed by atoms with Crippen LogP contribution in [-0.4, -0.2) is 35.2 Å². The number of fused-ring (bicyclic) bond motifs is 1. The first-order valence-corrected chi connectivity index (χ1v) is 6.66. The Morgan fingerprint density at radius 2 is 1.95 bits per heavy atom. The summed E-state index contributed by atoms with van der Waals surface area (Å²) in [6.07, 6.45) is 1.30. The van der Waals surface area contributed by atoms with Gasteiger partial charge in [0.25, 0.3) is 0 Å². The van der Waals surface area contributed by atoms with E-state index in [0.29, 0.717) is 5.56 Å². The second-order valence-corrected chi connectivity index (χ2v) is 5.32. The molecule has 2 rings (SSSR count). The van der Waals surface area contributed by atoms with Gasteiger partial charge in [0.2, 0.25) is 0 Å². The first-order valence-electron chi connectivity index (χ1n) is 6.66. The Morgan fingerprint density at radius 1 is 1.32 bits per heavy atom. The summed E-state index contributed by atoms with van der Waals surface area (Å²) in [5.41, 5.74) is -0.346. The van der Waals surface area contributed by atoms with Crippen LogP contribution in [0.4, 0.5) is 0 Å². The number of allylic oxidation sites excluding steroid dienone is 1. The highest BCUT2D eigenvalue weighted by atomic mass is 16.5. The van der Waals surface area contributed by atoms with Gasteiger partial charge in [-0.15, -0.1) is 6.58 Å². The fourth-order valence-corrected chi connectivity index (χ4v) is 2.88. The van der Waals surface area contributed by atoms with Crippen molar-refractivity contribution in [3.05, 3.63) is 47.5 Å². The monoisotopic (exact) mass is 304 g/mol. The quantitative estimate of drug-likeness (QED) is 0.500. The van der Waals surface area contributed by atoms with Crippen LogP contribution in [0.25, 0.3) is 0 Å². The Hall–Kier alpha value is -2.63. The molecular formula is C16H16O6. The second-order valence-electron chi connectivity index (χ2n) is 5.32. The van der Waals surface area contributed by atoms with E-state index in [-0.39, 0.29) is 18.4 Å². The van der Waals surface area contributed by atoms with E-state index in [4.69, 9.17) is 0 Å². The number of carboxylic acid groups (broad SMARTS) is 2. The molecule has 0 bridgehead atoms. The topological polar surface area (TPSA) is 101 Å². The molecule has 0 heterocycles. The zero-order valence-electron chi connectivity index (χ0n) is 12.0. The number of esters is 1. The number of carbonyl (C=O) groups is 3. The molecule has 0 radical (unpaired) electrons. The number of methoxy groups -OCH3 is 1. The third-order valence-corrected chi connectivity index (χ3v) is 4.13. The average Bonchev–Trinajstić information content (AvgIpc) is 2.51. The van der Waals surface area contributed by atoms with Crippen molar-refractivity contribution in [1.29, 1.82) is 0 Å². The zero-order valence-corrected chi connectivity index (χ0v) is 12.0. The molecule has 0 fully saturated rings. The normalized spacial score (nSPS) is 18.9. The van der Waals surface area contributed by atoms with Crippen molar-refractivity contribution in [1.82, 2.24) is 0 Å². The number of ether oxygens (including phenoxy) is 1. The number of hydrogen-bond acceptors (Lipinski definition) is 4. The fourth-order valence-electron chi connectivity index (χ4n) is 2.88. The van der Waals surface area contributed by atoms with Crippen LogP contribution in [0.2, 0.25) is 0 Å². The van der Waals surface area contributed by atoms with Crippen molar-refractivity contribution in [3.63, 3.8) is 0 Å². The Morgan fingerprint density at radius 3 is 2.45 bits per heavy atom. The van der Waals surface area contributed by atoms with E-state index >= 15 is 0 Å². The molecule has 0 saturated heterocycles. The van der Waals surface area contributed by atoms with Gasteiger partial charge in [-0.1, -0.05) is 12.1 Å². The number of hydrogen-bond donors (Lipinski definition) is 2. The summed E-state index contributed by atoms with van der Waals surface area (Å²) in [4.78, 5) is 34.7. The molecule has 1 aliphatic carbocycles. The Labute approximate surface area is 127 Å². The van der Waals surface area contributed by atoms with E-state index in [0.717, 1.165) is 5.56 Å². The lowest BCUT2D eigenvalue weighted by atomic mass is 9.66. The lowest BCUT2D eigenvalue weighted by molar-refractivity contribution is -0.165. The van der Waals surface area contributed by atoms with E-state index in [1.807, 2.05) is 0 Å². The number of benzene rings is 1. The van der Waals surface area contributed by atoms with Crippen LogP contribution in [0, 0.1) is 5.41 Å². The van der Waals surface area contributed by atoms with Gasteiger partial charge in [0.1, 0.15) is 0 Å². The maximum Gasteiger partial charge on any atom is 0.337 e. The smallest absolute Gasteiger partial charge is 0.337 e. The van der Waals surface area contributed by atoms with Gasteiger partial charge in [-0.25, -0.2) is 4.79 Å². The molecule has 2 N–H and O–H groups in total. The van der Waals surface area contributed by atoms with Gasteiger partial charge in [0.05, 0.1) is 12.7 Å². The molecule has 0 aliphatic heterocycles. The van der Waals surface area contributed by atoms with Crippen molar-refractivity contribution in [2.45, 2.75) is 18.8 Å². The SMILES string of the molecule is C=CC1CC(C(=O)O)(C(=O)O)Cc2cc(C(=O)OC)ccc21. The van der Waals surface area contributed by atoms with Crippen molar-refractivity contribution >= 4 is 17.9 Å². The maximum absolute atomic E-state index is 11.6. The molecule has 1 atom stereocenters. The van der Waals surface area contributed by atoms with Crippen LogP contribution in [0.1, 0.15) is 33.8 Å². The Bertz CT molecular complexity index is 647. The highest BCUT2D eigenvalue weighted by molar-refractivity contribution is 5.99. The van der Waals surface area contributed by atoms with Crippen LogP contribution < -0.4 is 0 Å². The zero-order chi connectivity index (χ0) is 16.5. The molecule has 1 aliphatic rings. The molecule has 6 heteroatoms. The van der Waals surface area contributed by atoms with Gasteiger partial charge in [-0.05, 0) is 36.1 Å². The molecule has 0 saturated carbocycles. The summed E-state index contributed by atoms with van der Waals surface area (Å²) in [5, 5.41) is 18.8. The summed E-state index contributed by atoms with van der Waals surface area (Å²) in [6, 6.07) is 4.77. The number of aliphatic carboxylic acids is 2. The molecule has 1 aromatic rings. The highest BCUT2D eigenvalue weighted by Crippen LogP contribution is 2.43. The fraction of sp³-hybridized carbons (Fsp3) is 0.312. The first kappa shape index (κ1) is 15.8. The number of rotatable bonds is 4. The lowest BCUT2D eigenvalue weighted by Crippen LogP contribution is -2.45. The lowest BCUT2D eigenvalue weighted by Gasteiger charge is -2.35. The molecule has 1 unspecified atom stereocenters. The summed E-state index contributed by atoms with van der Waals surface area (Å²) in [6.45, 7) is 3.66. The third kappa shape index (κ3) is 2.36. The van der Waals surface area contributed by atoms with Crippen LogP contribution >= 0.6 is 0 Å². The second kappa shape index (κ2) is 5.63. The van der Waals surface area contributed by atoms with E-state index < -0.39 is 29.2 Å². The number of carboxylic acids is 2. The minimum atomic E-state index is -1.92. The third-order valence-electron chi connectivity index (χ3n) is 4.13. The van der Waals surface area contributed by atoms with E-state index in [1.54, 1.807) is 12.1 Å². The van der Waals surface area contributed by atoms with E-state index in [9.17, 15) is 24.6 Å². The highest BCUT2D eigenvalue weighted by Gasteiger charge is 2.51. The largest absolute Gasteiger partial charge is 0.480 e. The van der Waals surface area contributed by atoms with Gasteiger partial charge in [0.15, 0.2) is 5.41 Å². The van der Waals surface area contributed by atoms with E-state index in [2.05, 4.69) is 11.3 Å². The average molecular weight is 304 g/mol. The van der Waals surface area contributed by atoms with Crippen LogP contribution in [0.15, 0.2) is 30.9 Å². The van der Waals surface area contributed by atoms with Crippen molar-refractivity contribution < 1.29 is 29.3 Å². The summed E-state index contributed by atoms with van der Waals surface area (Å²) >= 11 is 0. The molecule has 22 heavy (non-hydrogen) atoms. The minimum absolute atomic E-state index is 0.0638. The van der Waals surface area contributed by atoms with Crippen molar-refractivity contribution in [2.24, 2.45) is 5.41 Å². The molecule has 1 aromatic carbocycles. The minimum Gasteiger partial charge on any atom is -0.480 e. The molecule has 0 amide bonds. The van der Waals surface area contributed by atoms with Gasteiger partial charge in [-0.3, -0.25) is 9.59 Å². The predicted molar refractivity (Wildman–Crippen MR) is 76.7 cm³/mol. The Kier molecular flexibility index (Phi) is 4.03. The first-order chi connectivity index (χ1) is 10.4. The van der Waals surface area contributed by atoms with Crippen molar-refractivity contribution in [3.8, 4) is 0 Å². The molecule has 116 valence electrons. The number of carbonyl (C=O) groups excluding carboxylic acids is 1. The van der Waals surface area contributed by atoms with Gasteiger partial charge in [0, 0.05) is 5.92 Å². The van der Waals surface area contributed by atoms with Gasteiger partial charge in [-0.2, -0.15) is 0 Å². The standard InChI is InChI=1S/C16H16O6/c1-3-9-7-16(14(18)19,15(20)21)8-11-6-10(13(17)22-2)4-5-12(9)11/h3-6,9H,1,7-8H2,2H3,(H,18,19)(H,20,21). The van der Waals surface area contributed by atoms with E-state index in [1.165, 1.54) is 19.3 Å².